The molecule has 21 nitrogen and oxygen atoms in total. The SMILES string of the molecule is CC(C)(C)NC(=O)c1ccc(C=NCCN(CCN=Cc2ccc(C(=O)NC(C)(C)C)cn2)CCN=Cc2ccc(C(=O)NC(C)(C)C)cn2)nc1.[Co+2].[O-][Cl+3]([O-])([O-])[O-].[O-][Cl+3]([O-])([O-])[O-]. The maximum atomic E-state index is 12.4. The number of carbonyl (C=O) groups excluding carboxylic acids is 3. The van der Waals surface area contributed by atoms with Crippen LogP contribution in [0.5, 0.6) is 0 Å². The smallest absolute Gasteiger partial charge is 0.347 e. The van der Waals surface area contributed by atoms with Gasteiger partial charge in [0.15, 0.2) is 0 Å². The van der Waals surface area contributed by atoms with Crippen molar-refractivity contribution in [3.63, 3.8) is 0 Å². The van der Waals surface area contributed by atoms with Crippen LogP contribution in [-0.4, -0.2) is 112 Å². The van der Waals surface area contributed by atoms with Gasteiger partial charge in [-0.1, -0.05) is 0 Å². The summed E-state index contributed by atoms with van der Waals surface area (Å²) in [6.07, 6.45) is 9.76. The van der Waals surface area contributed by atoms with E-state index in [1.54, 1.807) is 73.6 Å². The predicted molar refractivity (Wildman–Crippen MR) is 208 cm³/mol. The van der Waals surface area contributed by atoms with E-state index in [0.717, 1.165) is 0 Å². The maximum absolute atomic E-state index is 12.4. The van der Waals surface area contributed by atoms with Gasteiger partial charge < -0.3 is 16.0 Å². The summed E-state index contributed by atoms with van der Waals surface area (Å²) in [7, 11) is -9.89. The van der Waals surface area contributed by atoms with Crippen molar-refractivity contribution in [2.45, 2.75) is 78.9 Å². The molecule has 3 amide bonds. The minimum absolute atomic E-state index is 0. The van der Waals surface area contributed by atoms with Crippen molar-refractivity contribution in [3.05, 3.63) is 88.8 Å². The largest absolute Gasteiger partial charge is 2.00 e. The number of amides is 3. The number of nitrogens with one attached hydrogen (secondary N) is 3. The fraction of sp³-hybridized carbons (Fsp3) is 0.462. The molecular weight excluding hydrogens is 914 g/mol. The van der Waals surface area contributed by atoms with Gasteiger partial charge in [0.25, 0.3) is 17.7 Å². The van der Waals surface area contributed by atoms with E-state index in [-0.39, 0.29) is 51.1 Å². The Balaban J connectivity index is 0.00000313. The molecule has 1 radical (unpaired) electrons. The van der Waals surface area contributed by atoms with Crippen molar-refractivity contribution < 1.29 is 88.9 Å². The van der Waals surface area contributed by atoms with E-state index in [2.05, 4.69) is 50.8 Å². The summed E-state index contributed by atoms with van der Waals surface area (Å²) in [5.41, 5.74) is 2.48. The zero-order chi connectivity index (χ0) is 47.4. The van der Waals surface area contributed by atoms with E-state index in [1.807, 2.05) is 62.3 Å². The molecule has 0 fully saturated rings. The molecular formula is C39H54Cl2CoN10O11. The average Bonchev–Trinajstić information content (AvgIpc) is 3.10. The second kappa shape index (κ2) is 27.0. The Morgan fingerprint density at radius 3 is 0.905 bits per heavy atom. The topological polar surface area (TPSA) is 351 Å². The number of aliphatic imine (C=N–C) groups is 3. The zero-order valence-electron chi connectivity index (χ0n) is 36.4. The molecule has 349 valence electrons. The second-order valence-electron chi connectivity index (χ2n) is 16.2. The predicted octanol–water partition coefficient (Wildman–Crippen LogP) is -5.10. The molecule has 3 heterocycles. The summed E-state index contributed by atoms with van der Waals surface area (Å²) in [6, 6.07) is 10.5. The van der Waals surface area contributed by atoms with Crippen LogP contribution in [0, 0.1) is 20.5 Å². The van der Waals surface area contributed by atoms with Gasteiger partial charge in [-0.2, -0.15) is 0 Å². The molecule has 0 atom stereocenters. The van der Waals surface area contributed by atoms with Crippen LogP contribution in [0.4, 0.5) is 0 Å². The van der Waals surface area contributed by atoms with Gasteiger partial charge in [-0.25, -0.2) is 37.3 Å². The molecule has 0 saturated carbocycles. The normalized spacial score (nSPS) is 12.3. The molecule has 0 bridgehead atoms. The Kier molecular flexibility index (Phi) is 25.2. The summed E-state index contributed by atoms with van der Waals surface area (Å²) in [6.45, 7) is 21.0. The zero-order valence-corrected chi connectivity index (χ0v) is 38.9. The van der Waals surface area contributed by atoms with E-state index in [9.17, 15) is 14.4 Å². The monoisotopic (exact) mass is 967 g/mol. The van der Waals surface area contributed by atoms with Gasteiger partial charge >= 0.3 is 16.8 Å². The molecule has 0 saturated heterocycles. The molecule has 0 aliphatic heterocycles. The van der Waals surface area contributed by atoms with Crippen molar-refractivity contribution in [2.75, 3.05) is 39.3 Å². The molecule has 0 aliphatic carbocycles. The van der Waals surface area contributed by atoms with Crippen molar-refractivity contribution in [3.8, 4) is 0 Å². The van der Waals surface area contributed by atoms with Gasteiger partial charge in [0, 0.05) is 73.5 Å². The van der Waals surface area contributed by atoms with E-state index < -0.39 is 20.5 Å². The molecule has 3 N–H and O–H groups in total. The average molecular weight is 969 g/mol. The third kappa shape index (κ3) is 32.9. The first-order chi connectivity index (χ1) is 28.4. The summed E-state index contributed by atoms with van der Waals surface area (Å²) >= 11 is 0. The fourth-order valence-corrected chi connectivity index (χ4v) is 4.49. The van der Waals surface area contributed by atoms with Crippen LogP contribution in [0.1, 0.15) is 110 Å². The summed E-state index contributed by atoms with van der Waals surface area (Å²) in [5, 5.41) is 8.79. The Hall–Kier alpha value is -4.40. The maximum Gasteiger partial charge on any atom is 2.00 e. The number of hydrogen-bond donors (Lipinski definition) is 3. The van der Waals surface area contributed by atoms with Crippen LogP contribution in [0.25, 0.3) is 0 Å². The van der Waals surface area contributed by atoms with Crippen LogP contribution >= 0.6 is 0 Å². The Labute approximate surface area is 381 Å². The van der Waals surface area contributed by atoms with Gasteiger partial charge in [0.1, 0.15) is 0 Å². The first-order valence-electron chi connectivity index (χ1n) is 18.7. The first-order valence-corrected chi connectivity index (χ1v) is 21.1. The minimum atomic E-state index is -4.94. The molecule has 63 heavy (non-hydrogen) atoms. The van der Waals surface area contributed by atoms with E-state index in [1.165, 1.54) is 0 Å². The summed E-state index contributed by atoms with van der Waals surface area (Å²) in [5.74, 6) is -0.508. The molecule has 24 heteroatoms. The number of nitrogens with zero attached hydrogens (tertiary/aromatic N) is 7. The molecule has 3 aromatic heterocycles. The van der Waals surface area contributed by atoms with E-state index in [0.29, 0.717) is 73.0 Å². The van der Waals surface area contributed by atoms with Crippen LogP contribution in [0.3, 0.4) is 0 Å². The third-order valence-electron chi connectivity index (χ3n) is 6.92. The second-order valence-corrected chi connectivity index (χ2v) is 17.7. The molecule has 0 aromatic carbocycles. The van der Waals surface area contributed by atoms with Gasteiger partial charge in [-0.15, -0.1) is 20.5 Å². The number of carbonyl (C=O) groups is 3. The van der Waals surface area contributed by atoms with E-state index >= 15 is 0 Å². The van der Waals surface area contributed by atoms with Crippen LogP contribution in [-0.2, 0) is 16.8 Å². The van der Waals surface area contributed by atoms with Gasteiger partial charge in [0.2, 0.25) is 0 Å². The number of hydrogen-bond acceptors (Lipinski definition) is 18. The Bertz CT molecular complexity index is 1700. The minimum Gasteiger partial charge on any atom is -0.347 e. The third-order valence-corrected chi connectivity index (χ3v) is 6.92. The van der Waals surface area contributed by atoms with Crippen LogP contribution in [0.2, 0.25) is 0 Å². The first kappa shape index (κ1) is 58.6. The van der Waals surface area contributed by atoms with Crippen molar-refractivity contribution in [1.82, 2.24) is 35.8 Å². The molecule has 0 aliphatic rings. The van der Waals surface area contributed by atoms with Crippen molar-refractivity contribution in [1.29, 1.82) is 0 Å². The molecule has 3 rings (SSSR count). The molecule has 0 spiro atoms. The molecule has 3 aromatic rings. The standard InChI is InChI=1S/C39H54N10O3.2ClHO4.Co/c1-37(2,3)46-34(50)28-10-13-31(43-22-28)25-40-16-19-49(20-17-41-26-32-14-11-29(23-44-32)35(51)47-38(4,5)6)21-18-42-27-33-15-12-30(24-45-33)36(52)48-39(7,8)9;2*2-1(3,4)5;/h10-15,22-27H,16-21H2,1-9H3,(H,46,50)(H,47,51)(H,48,52);2*(H,2,3,4,5);/q;;;+2/p-2. The Morgan fingerprint density at radius 1 is 0.508 bits per heavy atom. The quantitative estimate of drug-likeness (QED) is 0.120. The fourth-order valence-electron chi connectivity index (χ4n) is 4.49. The number of aromatic nitrogens is 3. The van der Waals surface area contributed by atoms with Gasteiger partial charge in [-0.3, -0.25) is 49.2 Å². The van der Waals surface area contributed by atoms with E-state index in [4.69, 9.17) is 37.3 Å². The number of halogens is 2. The van der Waals surface area contributed by atoms with Crippen LogP contribution in [0.15, 0.2) is 70.0 Å². The van der Waals surface area contributed by atoms with Gasteiger partial charge in [0.05, 0.1) is 53.4 Å². The van der Waals surface area contributed by atoms with Gasteiger partial charge in [-0.05, 0) is 98.7 Å². The summed E-state index contributed by atoms with van der Waals surface area (Å²) in [4.78, 5) is 66.2. The van der Waals surface area contributed by atoms with Crippen molar-refractivity contribution >= 4 is 36.4 Å². The number of pyridine rings is 3. The molecule has 0 unspecified atom stereocenters. The summed E-state index contributed by atoms with van der Waals surface area (Å²) < 4.78 is 67.9. The van der Waals surface area contributed by atoms with Crippen molar-refractivity contribution in [2.24, 2.45) is 15.0 Å². The Morgan fingerprint density at radius 2 is 0.730 bits per heavy atom. The number of rotatable bonds is 15. The van der Waals surface area contributed by atoms with Crippen LogP contribution < -0.4 is 53.2 Å².